The second-order valence-corrected chi connectivity index (χ2v) is 5.31. The standard InChI is InChI=1S/C12H12ClN3O2S/c1-6-3-7(2)16-11(17)8(6)4-14-12(18)9-10(13)15-5-19-9/h3,5H,4H2,1-2H3,(H,14,18)(H,16,17). The molecule has 1 amide bonds. The van der Waals surface area contributed by atoms with Crippen molar-refractivity contribution in [3.8, 4) is 0 Å². The average molecular weight is 298 g/mol. The summed E-state index contributed by atoms with van der Waals surface area (Å²) >= 11 is 6.93. The van der Waals surface area contributed by atoms with E-state index in [9.17, 15) is 9.59 Å². The molecule has 0 radical (unpaired) electrons. The summed E-state index contributed by atoms with van der Waals surface area (Å²) in [4.78, 5) is 30.5. The molecule has 0 aliphatic carbocycles. The summed E-state index contributed by atoms with van der Waals surface area (Å²) in [6, 6.07) is 1.86. The van der Waals surface area contributed by atoms with Crippen LogP contribution in [0.3, 0.4) is 0 Å². The highest BCUT2D eigenvalue weighted by atomic mass is 35.5. The number of carbonyl (C=O) groups is 1. The van der Waals surface area contributed by atoms with E-state index < -0.39 is 0 Å². The molecule has 0 aromatic carbocycles. The van der Waals surface area contributed by atoms with Crippen LogP contribution in [-0.2, 0) is 6.54 Å². The molecule has 2 rings (SSSR count). The second kappa shape index (κ2) is 5.54. The van der Waals surface area contributed by atoms with Crippen molar-refractivity contribution < 1.29 is 4.79 Å². The van der Waals surface area contributed by atoms with Gasteiger partial charge in [-0.1, -0.05) is 11.6 Å². The third-order valence-corrected chi connectivity index (χ3v) is 3.87. The fourth-order valence-corrected chi connectivity index (χ4v) is 2.65. The van der Waals surface area contributed by atoms with Gasteiger partial charge < -0.3 is 10.3 Å². The van der Waals surface area contributed by atoms with Crippen LogP contribution in [-0.4, -0.2) is 15.9 Å². The third kappa shape index (κ3) is 3.02. The highest BCUT2D eigenvalue weighted by Gasteiger charge is 2.14. The number of thiazole rings is 1. The number of nitrogens with zero attached hydrogens (tertiary/aromatic N) is 1. The minimum atomic E-state index is -0.327. The highest BCUT2D eigenvalue weighted by Crippen LogP contribution is 2.18. The number of nitrogens with one attached hydrogen (secondary N) is 2. The predicted molar refractivity (Wildman–Crippen MR) is 74.8 cm³/mol. The van der Waals surface area contributed by atoms with Crippen molar-refractivity contribution in [3.63, 3.8) is 0 Å². The van der Waals surface area contributed by atoms with Gasteiger partial charge in [-0.05, 0) is 25.5 Å². The van der Waals surface area contributed by atoms with Crippen LogP contribution in [0.15, 0.2) is 16.4 Å². The number of halogens is 1. The first kappa shape index (κ1) is 13.8. The molecule has 2 aromatic heterocycles. The topological polar surface area (TPSA) is 74.8 Å². The van der Waals surface area contributed by atoms with Gasteiger partial charge in [0, 0.05) is 17.8 Å². The Labute approximate surface area is 118 Å². The minimum Gasteiger partial charge on any atom is -0.347 e. The van der Waals surface area contributed by atoms with Crippen LogP contribution in [0.4, 0.5) is 0 Å². The SMILES string of the molecule is Cc1cc(C)c(CNC(=O)c2scnc2Cl)c(=O)[nH]1. The van der Waals surface area contributed by atoms with Gasteiger partial charge in [0.15, 0.2) is 5.15 Å². The summed E-state index contributed by atoms with van der Waals surface area (Å²) in [5, 5.41) is 2.85. The molecule has 7 heteroatoms. The van der Waals surface area contributed by atoms with Gasteiger partial charge in [0.2, 0.25) is 0 Å². The first-order valence-electron chi connectivity index (χ1n) is 5.55. The van der Waals surface area contributed by atoms with E-state index in [0.29, 0.717) is 10.4 Å². The lowest BCUT2D eigenvalue weighted by molar-refractivity contribution is 0.0955. The molecule has 0 aliphatic rings. The Morgan fingerprint density at radius 2 is 2.26 bits per heavy atom. The zero-order valence-electron chi connectivity index (χ0n) is 10.4. The molecule has 0 saturated heterocycles. The van der Waals surface area contributed by atoms with E-state index >= 15 is 0 Å². The maximum Gasteiger partial charge on any atom is 0.264 e. The number of carbonyl (C=O) groups excluding carboxylic acids is 1. The molecule has 0 spiro atoms. The summed E-state index contributed by atoms with van der Waals surface area (Å²) in [5.74, 6) is -0.327. The largest absolute Gasteiger partial charge is 0.347 e. The Balaban J connectivity index is 2.14. The average Bonchev–Trinajstić information content (AvgIpc) is 2.73. The maximum absolute atomic E-state index is 11.9. The first-order chi connectivity index (χ1) is 8.99. The zero-order chi connectivity index (χ0) is 14.0. The van der Waals surface area contributed by atoms with Crippen LogP contribution in [0.5, 0.6) is 0 Å². The van der Waals surface area contributed by atoms with Gasteiger partial charge in [-0.15, -0.1) is 11.3 Å². The Morgan fingerprint density at radius 1 is 1.53 bits per heavy atom. The summed E-state index contributed by atoms with van der Waals surface area (Å²) in [6.45, 7) is 3.81. The van der Waals surface area contributed by atoms with Crippen molar-refractivity contribution >= 4 is 28.8 Å². The molecule has 0 unspecified atom stereocenters. The van der Waals surface area contributed by atoms with Gasteiger partial charge in [0.05, 0.1) is 5.51 Å². The number of amides is 1. The fourth-order valence-electron chi connectivity index (χ4n) is 1.73. The maximum atomic E-state index is 11.9. The van der Waals surface area contributed by atoms with Gasteiger partial charge in [-0.3, -0.25) is 9.59 Å². The molecular weight excluding hydrogens is 286 g/mol. The second-order valence-electron chi connectivity index (χ2n) is 4.10. The fraction of sp³-hybridized carbons (Fsp3) is 0.250. The van der Waals surface area contributed by atoms with Crippen molar-refractivity contribution in [2.45, 2.75) is 20.4 Å². The van der Waals surface area contributed by atoms with Crippen LogP contribution in [0.1, 0.15) is 26.5 Å². The quantitative estimate of drug-likeness (QED) is 0.910. The Kier molecular flexibility index (Phi) is 4.01. The Morgan fingerprint density at radius 3 is 2.84 bits per heavy atom. The molecule has 0 bridgehead atoms. The summed E-state index contributed by atoms with van der Waals surface area (Å²) in [6.07, 6.45) is 0. The number of rotatable bonds is 3. The van der Waals surface area contributed by atoms with Crippen molar-refractivity contribution in [2.75, 3.05) is 0 Å². The molecular formula is C12H12ClN3O2S. The van der Waals surface area contributed by atoms with Gasteiger partial charge in [0.25, 0.3) is 11.5 Å². The molecule has 2 aromatic rings. The van der Waals surface area contributed by atoms with Crippen LogP contribution in [0.25, 0.3) is 0 Å². The zero-order valence-corrected chi connectivity index (χ0v) is 12.0. The van der Waals surface area contributed by atoms with Crippen LogP contribution in [0, 0.1) is 13.8 Å². The minimum absolute atomic E-state index is 0.161. The molecule has 19 heavy (non-hydrogen) atoms. The predicted octanol–water partition coefficient (Wildman–Crippen LogP) is 2.03. The van der Waals surface area contributed by atoms with E-state index in [2.05, 4.69) is 15.3 Å². The van der Waals surface area contributed by atoms with Crippen LogP contribution < -0.4 is 10.9 Å². The lowest BCUT2D eigenvalue weighted by Gasteiger charge is -2.07. The number of aromatic nitrogens is 2. The molecule has 0 atom stereocenters. The number of aryl methyl sites for hydroxylation is 2. The molecule has 0 saturated carbocycles. The van der Waals surface area contributed by atoms with Crippen molar-refractivity contribution in [1.29, 1.82) is 0 Å². The van der Waals surface area contributed by atoms with Gasteiger partial charge in [-0.2, -0.15) is 0 Å². The van der Waals surface area contributed by atoms with E-state index in [-0.39, 0.29) is 23.2 Å². The van der Waals surface area contributed by atoms with Gasteiger partial charge >= 0.3 is 0 Å². The lowest BCUT2D eigenvalue weighted by atomic mass is 10.1. The van der Waals surface area contributed by atoms with Crippen molar-refractivity contribution in [1.82, 2.24) is 15.3 Å². The Hall–Kier alpha value is -1.66. The Bertz CT molecular complexity index is 678. The first-order valence-corrected chi connectivity index (χ1v) is 6.81. The normalized spacial score (nSPS) is 10.5. The van der Waals surface area contributed by atoms with E-state index in [4.69, 9.17) is 11.6 Å². The summed E-state index contributed by atoms with van der Waals surface area (Å²) < 4.78 is 0. The highest BCUT2D eigenvalue weighted by molar-refractivity contribution is 7.12. The van der Waals surface area contributed by atoms with Crippen molar-refractivity contribution in [3.05, 3.63) is 48.8 Å². The van der Waals surface area contributed by atoms with E-state index in [1.807, 2.05) is 19.9 Å². The number of H-pyrrole nitrogens is 1. The number of hydrogen-bond acceptors (Lipinski definition) is 4. The summed E-state index contributed by atoms with van der Waals surface area (Å²) in [7, 11) is 0. The van der Waals surface area contributed by atoms with Gasteiger partial charge in [0.1, 0.15) is 4.88 Å². The number of aromatic amines is 1. The molecule has 0 fully saturated rings. The van der Waals surface area contributed by atoms with Crippen LogP contribution in [0.2, 0.25) is 5.15 Å². The smallest absolute Gasteiger partial charge is 0.264 e. The molecule has 100 valence electrons. The number of hydrogen-bond donors (Lipinski definition) is 2. The molecule has 5 nitrogen and oxygen atoms in total. The molecule has 2 heterocycles. The van der Waals surface area contributed by atoms with E-state index in [1.165, 1.54) is 5.51 Å². The number of pyridine rings is 1. The third-order valence-electron chi connectivity index (χ3n) is 2.65. The summed E-state index contributed by atoms with van der Waals surface area (Å²) in [5.41, 5.74) is 3.49. The van der Waals surface area contributed by atoms with Crippen molar-refractivity contribution in [2.24, 2.45) is 0 Å². The lowest BCUT2D eigenvalue weighted by Crippen LogP contribution is -2.27. The van der Waals surface area contributed by atoms with Gasteiger partial charge in [-0.25, -0.2) is 4.98 Å². The van der Waals surface area contributed by atoms with Crippen LogP contribution >= 0.6 is 22.9 Å². The van der Waals surface area contributed by atoms with E-state index in [0.717, 1.165) is 22.6 Å². The van der Waals surface area contributed by atoms with E-state index in [1.54, 1.807) is 0 Å². The monoisotopic (exact) mass is 297 g/mol. The molecule has 2 N–H and O–H groups in total. The molecule has 0 aliphatic heterocycles.